The molecule has 7 nitrogen and oxygen atoms in total. The van der Waals surface area contributed by atoms with E-state index < -0.39 is 6.04 Å². The summed E-state index contributed by atoms with van der Waals surface area (Å²) in [6.07, 6.45) is 0.613. The van der Waals surface area contributed by atoms with E-state index in [1.54, 1.807) is 23.7 Å². The van der Waals surface area contributed by atoms with E-state index in [4.69, 9.17) is 58.0 Å². The number of benzene rings is 2. The third-order valence-electron chi connectivity index (χ3n) is 4.97. The zero-order chi connectivity index (χ0) is 26.6. The molecule has 0 aliphatic carbocycles. The summed E-state index contributed by atoms with van der Waals surface area (Å²) in [4.78, 5) is 25.5. The van der Waals surface area contributed by atoms with E-state index in [2.05, 4.69) is 20.8 Å². The van der Waals surface area contributed by atoms with Crippen molar-refractivity contribution in [1.82, 2.24) is 20.1 Å². The van der Waals surface area contributed by atoms with E-state index in [0.717, 1.165) is 0 Å². The van der Waals surface area contributed by atoms with Gasteiger partial charge in [-0.05, 0) is 42.7 Å². The molecule has 13 heteroatoms. The topological polar surface area (TPSA) is 88.9 Å². The number of amides is 2. The summed E-state index contributed by atoms with van der Waals surface area (Å²) in [7, 11) is 1.78. The summed E-state index contributed by atoms with van der Waals surface area (Å²) in [5.74, 6) is 0.149. The second kappa shape index (κ2) is 12.7. The molecule has 0 aliphatic heterocycles. The largest absolute Gasteiger partial charge is 0.342 e. The van der Waals surface area contributed by atoms with Gasteiger partial charge in [0.05, 0.1) is 38.1 Å². The zero-order valence-electron chi connectivity index (χ0n) is 19.4. The summed E-state index contributed by atoms with van der Waals surface area (Å²) < 4.78 is 1.75. The van der Waals surface area contributed by atoms with Crippen LogP contribution in [0.4, 0.5) is 5.69 Å². The fourth-order valence-electron chi connectivity index (χ4n) is 3.33. The smallest absolute Gasteiger partial charge is 0.253 e. The fourth-order valence-corrected chi connectivity index (χ4v) is 5.46. The minimum Gasteiger partial charge on any atom is -0.342 e. The normalized spacial score (nSPS) is 12.0. The Kier molecular flexibility index (Phi) is 10.2. The van der Waals surface area contributed by atoms with Crippen LogP contribution in [-0.4, -0.2) is 32.3 Å². The summed E-state index contributed by atoms with van der Waals surface area (Å²) in [5.41, 5.74) is 0.593. The number of nitrogens with zero attached hydrogens (tertiary/aromatic N) is 3. The van der Waals surface area contributed by atoms with Crippen LogP contribution in [0.1, 0.15) is 42.5 Å². The first kappa shape index (κ1) is 28.9. The molecule has 3 aromatic rings. The van der Waals surface area contributed by atoms with Crippen LogP contribution in [0, 0.1) is 5.92 Å². The summed E-state index contributed by atoms with van der Waals surface area (Å²) in [5, 5.41) is 16.2. The molecule has 1 atom stereocenters. The first-order chi connectivity index (χ1) is 17.0. The van der Waals surface area contributed by atoms with Gasteiger partial charge >= 0.3 is 0 Å². The van der Waals surface area contributed by atoms with Crippen molar-refractivity contribution in [2.75, 3.05) is 11.1 Å². The average molecular weight is 610 g/mol. The third-order valence-corrected chi connectivity index (χ3v) is 7.35. The van der Waals surface area contributed by atoms with Crippen LogP contribution in [0.15, 0.2) is 35.5 Å². The molecule has 0 fully saturated rings. The highest BCUT2D eigenvalue weighted by Crippen LogP contribution is 2.34. The van der Waals surface area contributed by atoms with Crippen LogP contribution in [0.2, 0.25) is 25.1 Å². The van der Waals surface area contributed by atoms with E-state index in [1.807, 2.05) is 13.8 Å². The van der Waals surface area contributed by atoms with E-state index in [-0.39, 0.29) is 44.2 Å². The van der Waals surface area contributed by atoms with Crippen LogP contribution in [0.3, 0.4) is 0 Å². The van der Waals surface area contributed by atoms with E-state index in [0.29, 0.717) is 33.0 Å². The second-order valence-corrected chi connectivity index (χ2v) is 11.3. The molecule has 0 aliphatic rings. The quantitative estimate of drug-likeness (QED) is 0.248. The maximum atomic E-state index is 12.9. The zero-order valence-corrected chi connectivity index (χ0v) is 24.0. The number of halogens is 5. The Morgan fingerprint density at radius 1 is 0.972 bits per heavy atom. The highest BCUT2D eigenvalue weighted by molar-refractivity contribution is 7.99. The number of rotatable bonds is 9. The number of carbonyl (C=O) groups is 2. The van der Waals surface area contributed by atoms with Crippen LogP contribution in [0.25, 0.3) is 0 Å². The molecule has 192 valence electrons. The maximum Gasteiger partial charge on any atom is 0.253 e. The van der Waals surface area contributed by atoms with Crippen LogP contribution < -0.4 is 10.6 Å². The van der Waals surface area contributed by atoms with Crippen LogP contribution in [0.5, 0.6) is 0 Å². The molecule has 36 heavy (non-hydrogen) atoms. The van der Waals surface area contributed by atoms with Crippen molar-refractivity contribution in [1.29, 1.82) is 0 Å². The van der Waals surface area contributed by atoms with E-state index in [1.165, 1.54) is 30.0 Å². The minimum absolute atomic E-state index is 0.0306. The first-order valence-electron chi connectivity index (χ1n) is 10.7. The van der Waals surface area contributed by atoms with Crippen molar-refractivity contribution in [3.63, 3.8) is 0 Å². The predicted molar refractivity (Wildman–Crippen MR) is 148 cm³/mol. The van der Waals surface area contributed by atoms with E-state index in [9.17, 15) is 9.59 Å². The molecular formula is C23H22Cl5N5O2S. The van der Waals surface area contributed by atoms with Gasteiger partial charge in [0.25, 0.3) is 5.91 Å². The lowest BCUT2D eigenvalue weighted by atomic mass is 10.0. The molecular weight excluding hydrogens is 588 g/mol. The highest BCUT2D eigenvalue weighted by atomic mass is 35.5. The molecule has 0 bridgehead atoms. The lowest BCUT2D eigenvalue weighted by molar-refractivity contribution is -0.113. The number of hydrogen-bond acceptors (Lipinski definition) is 5. The molecule has 2 N–H and O–H groups in total. The Balaban J connectivity index is 1.72. The SMILES string of the molecule is CC(C)C[C@H](NC(=O)c1ccc(Cl)cc1Cl)c1nnc(SCC(=O)Nc2c(Cl)cc(Cl)cc2Cl)n1C. The van der Waals surface area contributed by atoms with E-state index >= 15 is 0 Å². The van der Waals surface area contributed by atoms with Gasteiger partial charge in [-0.25, -0.2) is 0 Å². The van der Waals surface area contributed by atoms with Gasteiger partial charge < -0.3 is 15.2 Å². The summed E-state index contributed by atoms with van der Waals surface area (Å²) in [6, 6.07) is 7.24. The first-order valence-corrected chi connectivity index (χ1v) is 13.6. The Morgan fingerprint density at radius 3 is 2.22 bits per heavy atom. The number of aromatic nitrogens is 3. The van der Waals surface area contributed by atoms with Gasteiger partial charge in [0, 0.05) is 17.1 Å². The van der Waals surface area contributed by atoms with Gasteiger partial charge in [-0.2, -0.15) is 0 Å². The van der Waals surface area contributed by atoms with Crippen molar-refractivity contribution >= 4 is 87.3 Å². The highest BCUT2D eigenvalue weighted by Gasteiger charge is 2.24. The van der Waals surface area contributed by atoms with Crippen molar-refractivity contribution in [2.24, 2.45) is 13.0 Å². The molecule has 3 rings (SSSR count). The predicted octanol–water partition coefficient (Wildman–Crippen LogP) is 7.33. The second-order valence-electron chi connectivity index (χ2n) is 8.26. The van der Waals surface area contributed by atoms with Gasteiger partial charge in [-0.1, -0.05) is 83.6 Å². The van der Waals surface area contributed by atoms with Crippen molar-refractivity contribution in [2.45, 2.75) is 31.5 Å². The molecule has 0 radical (unpaired) electrons. The molecule has 1 aromatic heterocycles. The fraction of sp³-hybridized carbons (Fsp3) is 0.304. The number of anilines is 1. The monoisotopic (exact) mass is 607 g/mol. The molecule has 0 unspecified atom stereocenters. The molecule has 2 aromatic carbocycles. The standard InChI is InChI=1S/C23H22Cl5N5O2S/c1-11(2)6-18(29-22(35)14-5-4-12(24)7-15(14)26)21-31-32-23(33(21)3)36-10-19(34)30-20-16(27)8-13(25)9-17(20)28/h4-5,7-9,11,18H,6,10H2,1-3H3,(H,29,35)(H,30,34)/t18-/m0/s1. The lowest BCUT2D eigenvalue weighted by Gasteiger charge is -2.20. The van der Waals surface area contributed by atoms with Crippen molar-refractivity contribution in [3.05, 3.63) is 66.8 Å². The van der Waals surface area contributed by atoms with Gasteiger partial charge in [-0.15, -0.1) is 10.2 Å². The number of thioether (sulfide) groups is 1. The van der Waals surface area contributed by atoms with Crippen LogP contribution >= 0.6 is 69.8 Å². The molecule has 1 heterocycles. The Morgan fingerprint density at radius 2 is 1.61 bits per heavy atom. The molecule has 0 saturated carbocycles. The maximum absolute atomic E-state index is 12.9. The number of nitrogens with one attached hydrogen (secondary N) is 2. The summed E-state index contributed by atoms with van der Waals surface area (Å²) >= 11 is 31.5. The Hall–Kier alpha value is -1.68. The summed E-state index contributed by atoms with van der Waals surface area (Å²) in [6.45, 7) is 4.08. The van der Waals surface area contributed by atoms with Gasteiger partial charge in [0.2, 0.25) is 5.91 Å². The average Bonchev–Trinajstić information content (AvgIpc) is 3.14. The number of hydrogen-bond donors (Lipinski definition) is 2. The Labute approximate surface area is 238 Å². The molecule has 2 amide bonds. The third kappa shape index (κ3) is 7.43. The molecule has 0 saturated heterocycles. The van der Waals surface area contributed by atoms with Crippen molar-refractivity contribution < 1.29 is 9.59 Å². The lowest BCUT2D eigenvalue weighted by Crippen LogP contribution is -2.31. The number of carbonyl (C=O) groups excluding carboxylic acids is 2. The minimum atomic E-state index is -0.434. The Bertz CT molecular complexity index is 1260. The van der Waals surface area contributed by atoms with Gasteiger partial charge in [0.15, 0.2) is 11.0 Å². The van der Waals surface area contributed by atoms with Crippen LogP contribution in [-0.2, 0) is 11.8 Å². The van der Waals surface area contributed by atoms with Gasteiger partial charge in [-0.3, -0.25) is 9.59 Å². The van der Waals surface area contributed by atoms with Crippen molar-refractivity contribution in [3.8, 4) is 0 Å². The van der Waals surface area contributed by atoms with Gasteiger partial charge in [0.1, 0.15) is 0 Å². The molecule has 0 spiro atoms.